The Morgan fingerprint density at radius 2 is 1.93 bits per heavy atom. The second kappa shape index (κ2) is 7.82. The van der Waals surface area contributed by atoms with E-state index in [0.717, 1.165) is 5.39 Å². The summed E-state index contributed by atoms with van der Waals surface area (Å²) in [7, 11) is 1.51. The van der Waals surface area contributed by atoms with Crippen LogP contribution in [0.4, 0.5) is 0 Å². The van der Waals surface area contributed by atoms with Crippen molar-refractivity contribution in [1.29, 1.82) is 0 Å². The lowest BCUT2D eigenvalue weighted by Crippen LogP contribution is -2.14. The van der Waals surface area contributed by atoms with Crippen molar-refractivity contribution >= 4 is 22.8 Å². The van der Waals surface area contributed by atoms with Crippen molar-refractivity contribution in [1.82, 2.24) is 0 Å². The fourth-order valence-electron chi connectivity index (χ4n) is 2.71. The average Bonchev–Trinajstić information content (AvgIpc) is 3.05. The Morgan fingerprint density at radius 3 is 2.63 bits per heavy atom. The number of ether oxygens (including phenoxy) is 3. The highest BCUT2D eigenvalue weighted by Crippen LogP contribution is 2.30. The maximum absolute atomic E-state index is 12.3. The summed E-state index contributed by atoms with van der Waals surface area (Å²) in [6, 6.07) is 11.9. The Kier molecular flexibility index (Phi) is 5.30. The zero-order valence-electron chi connectivity index (χ0n) is 15.0. The predicted molar refractivity (Wildman–Crippen MR) is 98.0 cm³/mol. The van der Waals surface area contributed by atoms with Gasteiger partial charge in [-0.1, -0.05) is 18.2 Å². The van der Waals surface area contributed by atoms with Crippen LogP contribution in [0.3, 0.4) is 0 Å². The topological polar surface area (TPSA) is 101 Å². The summed E-state index contributed by atoms with van der Waals surface area (Å²) in [5.74, 6) is -0.371. The van der Waals surface area contributed by atoms with Crippen LogP contribution in [0.5, 0.6) is 11.5 Å². The van der Waals surface area contributed by atoms with Crippen LogP contribution in [0.25, 0.3) is 11.0 Å². The molecule has 1 amide bonds. The van der Waals surface area contributed by atoms with Gasteiger partial charge in [-0.05, 0) is 25.1 Å². The standard InChI is InChI=1S/C20H19NO6/c1-3-25-20(23)18-15(13-6-4-5-7-16(13)27-18)11-26-17-10-12(24-2)8-9-14(17)19(21)22/h4-10H,3,11H2,1-2H3,(H2,21,22). The first kappa shape index (κ1) is 18.3. The van der Waals surface area contributed by atoms with Crippen LogP contribution >= 0.6 is 0 Å². The zero-order valence-corrected chi connectivity index (χ0v) is 15.0. The largest absolute Gasteiger partial charge is 0.497 e. The minimum atomic E-state index is -0.629. The van der Waals surface area contributed by atoms with Crippen molar-refractivity contribution < 1.29 is 28.2 Å². The normalized spacial score (nSPS) is 10.6. The molecular weight excluding hydrogens is 350 g/mol. The fourth-order valence-corrected chi connectivity index (χ4v) is 2.71. The van der Waals surface area contributed by atoms with E-state index in [9.17, 15) is 9.59 Å². The number of esters is 1. The van der Waals surface area contributed by atoms with Crippen LogP contribution < -0.4 is 15.2 Å². The molecule has 2 aromatic carbocycles. The summed E-state index contributed by atoms with van der Waals surface area (Å²) >= 11 is 0. The molecule has 0 bridgehead atoms. The number of nitrogens with two attached hydrogens (primary N) is 1. The van der Waals surface area contributed by atoms with Gasteiger partial charge in [0, 0.05) is 11.5 Å². The van der Waals surface area contributed by atoms with Gasteiger partial charge in [-0.3, -0.25) is 4.79 Å². The number of benzene rings is 2. The summed E-state index contributed by atoms with van der Waals surface area (Å²) in [5.41, 5.74) is 6.69. The van der Waals surface area contributed by atoms with Crippen molar-refractivity contribution in [2.45, 2.75) is 13.5 Å². The van der Waals surface area contributed by atoms with E-state index in [1.807, 2.05) is 12.1 Å². The zero-order chi connectivity index (χ0) is 19.4. The number of amides is 1. The van der Waals surface area contributed by atoms with Gasteiger partial charge in [-0.25, -0.2) is 4.79 Å². The first-order valence-electron chi connectivity index (χ1n) is 8.33. The third kappa shape index (κ3) is 3.72. The Balaban J connectivity index is 1.99. The summed E-state index contributed by atoms with van der Waals surface area (Å²) < 4.78 is 21.7. The van der Waals surface area contributed by atoms with Crippen molar-refractivity contribution in [2.75, 3.05) is 13.7 Å². The molecule has 7 nitrogen and oxygen atoms in total. The van der Waals surface area contributed by atoms with E-state index in [1.165, 1.54) is 13.2 Å². The van der Waals surface area contributed by atoms with Gasteiger partial charge in [0.25, 0.3) is 5.91 Å². The summed E-state index contributed by atoms with van der Waals surface area (Å²) in [5, 5.41) is 0.726. The van der Waals surface area contributed by atoms with Crippen LogP contribution in [0.2, 0.25) is 0 Å². The van der Waals surface area contributed by atoms with Crippen molar-refractivity contribution in [3.8, 4) is 11.5 Å². The maximum Gasteiger partial charge on any atom is 0.374 e. The van der Waals surface area contributed by atoms with Gasteiger partial charge in [0.1, 0.15) is 23.7 Å². The second-order valence-electron chi connectivity index (χ2n) is 5.64. The number of carbonyl (C=O) groups excluding carboxylic acids is 2. The molecular formula is C20H19NO6. The van der Waals surface area contributed by atoms with Gasteiger partial charge in [-0.15, -0.1) is 0 Å². The number of para-hydroxylation sites is 1. The molecule has 0 saturated carbocycles. The molecule has 0 atom stereocenters. The number of fused-ring (bicyclic) bond motifs is 1. The quantitative estimate of drug-likeness (QED) is 0.641. The molecule has 1 aromatic heterocycles. The van der Waals surface area contributed by atoms with Crippen LogP contribution in [-0.4, -0.2) is 25.6 Å². The van der Waals surface area contributed by atoms with E-state index in [1.54, 1.807) is 31.2 Å². The van der Waals surface area contributed by atoms with Crippen molar-refractivity contribution in [3.05, 3.63) is 59.4 Å². The summed E-state index contributed by atoms with van der Waals surface area (Å²) in [6.45, 7) is 1.92. The molecule has 27 heavy (non-hydrogen) atoms. The minimum Gasteiger partial charge on any atom is -0.497 e. The van der Waals surface area contributed by atoms with Crippen LogP contribution in [0.1, 0.15) is 33.4 Å². The number of furan rings is 1. The van der Waals surface area contributed by atoms with Gasteiger partial charge < -0.3 is 24.4 Å². The van der Waals surface area contributed by atoms with Gasteiger partial charge in [0.05, 0.1) is 24.8 Å². The number of primary amides is 1. The molecule has 3 rings (SSSR count). The van der Waals surface area contributed by atoms with Crippen molar-refractivity contribution in [2.24, 2.45) is 5.73 Å². The highest BCUT2D eigenvalue weighted by molar-refractivity contribution is 5.97. The molecule has 0 unspecified atom stereocenters. The molecule has 0 fully saturated rings. The van der Waals surface area contributed by atoms with E-state index in [0.29, 0.717) is 16.9 Å². The van der Waals surface area contributed by atoms with Gasteiger partial charge in [0.15, 0.2) is 0 Å². The Hall–Kier alpha value is -3.48. The number of hydrogen-bond acceptors (Lipinski definition) is 6. The third-order valence-electron chi connectivity index (χ3n) is 3.99. The third-order valence-corrected chi connectivity index (χ3v) is 3.99. The molecule has 1 heterocycles. The van der Waals surface area contributed by atoms with Crippen LogP contribution in [0, 0.1) is 0 Å². The van der Waals surface area contributed by atoms with Crippen LogP contribution in [0.15, 0.2) is 46.9 Å². The van der Waals surface area contributed by atoms with Gasteiger partial charge >= 0.3 is 5.97 Å². The second-order valence-corrected chi connectivity index (χ2v) is 5.64. The van der Waals surface area contributed by atoms with Crippen LogP contribution in [-0.2, 0) is 11.3 Å². The molecule has 0 spiro atoms. The van der Waals surface area contributed by atoms with E-state index in [-0.39, 0.29) is 30.3 Å². The fraction of sp³-hybridized carbons (Fsp3) is 0.200. The average molecular weight is 369 g/mol. The molecule has 7 heteroatoms. The first-order chi connectivity index (χ1) is 13.0. The monoisotopic (exact) mass is 369 g/mol. The SMILES string of the molecule is CCOC(=O)c1oc2ccccc2c1COc1cc(OC)ccc1C(N)=O. The molecule has 0 radical (unpaired) electrons. The predicted octanol–water partition coefficient (Wildman–Crippen LogP) is 3.30. The smallest absolute Gasteiger partial charge is 0.374 e. The number of methoxy groups -OCH3 is 1. The summed E-state index contributed by atoms with van der Waals surface area (Å²) in [6.07, 6.45) is 0. The Bertz CT molecular complexity index is 991. The highest BCUT2D eigenvalue weighted by atomic mass is 16.5. The number of carbonyl (C=O) groups is 2. The molecule has 3 aromatic rings. The molecule has 0 aliphatic carbocycles. The molecule has 0 aliphatic rings. The van der Waals surface area contributed by atoms with Gasteiger partial charge in [0.2, 0.25) is 5.76 Å². The Labute approximate surface area is 155 Å². The molecule has 0 aliphatic heterocycles. The Morgan fingerprint density at radius 1 is 1.15 bits per heavy atom. The number of hydrogen-bond donors (Lipinski definition) is 1. The molecule has 0 saturated heterocycles. The van der Waals surface area contributed by atoms with E-state index in [2.05, 4.69) is 0 Å². The van der Waals surface area contributed by atoms with E-state index < -0.39 is 11.9 Å². The van der Waals surface area contributed by atoms with Crippen molar-refractivity contribution in [3.63, 3.8) is 0 Å². The van der Waals surface area contributed by atoms with E-state index in [4.69, 9.17) is 24.4 Å². The molecule has 2 N–H and O–H groups in total. The maximum atomic E-state index is 12.3. The first-order valence-corrected chi connectivity index (χ1v) is 8.33. The highest BCUT2D eigenvalue weighted by Gasteiger charge is 2.22. The summed E-state index contributed by atoms with van der Waals surface area (Å²) in [4.78, 5) is 23.9. The molecule has 140 valence electrons. The van der Waals surface area contributed by atoms with E-state index >= 15 is 0 Å². The van der Waals surface area contributed by atoms with Gasteiger partial charge in [-0.2, -0.15) is 0 Å². The lowest BCUT2D eigenvalue weighted by Gasteiger charge is -2.11. The lowest BCUT2D eigenvalue weighted by atomic mass is 10.1. The minimum absolute atomic E-state index is 0.0153. The lowest BCUT2D eigenvalue weighted by molar-refractivity contribution is 0.0488. The number of rotatable bonds is 7.